The SMILES string of the molecule is OCc1[nH]c2c(Cl)cccc2c1Br. The van der Waals surface area contributed by atoms with Crippen LogP contribution in [0.1, 0.15) is 5.69 Å². The van der Waals surface area contributed by atoms with E-state index in [-0.39, 0.29) is 6.61 Å². The van der Waals surface area contributed by atoms with Crippen LogP contribution in [0.5, 0.6) is 0 Å². The van der Waals surface area contributed by atoms with Gasteiger partial charge in [0.15, 0.2) is 0 Å². The first-order chi connectivity index (χ1) is 6.24. The Morgan fingerprint density at radius 1 is 1.46 bits per heavy atom. The minimum Gasteiger partial charge on any atom is -0.390 e. The molecule has 0 fully saturated rings. The number of fused-ring (bicyclic) bond motifs is 1. The van der Waals surface area contributed by atoms with Crippen LogP contribution in [0.25, 0.3) is 10.9 Å². The fourth-order valence-corrected chi connectivity index (χ4v) is 2.09. The predicted molar refractivity (Wildman–Crippen MR) is 56.9 cm³/mol. The number of aromatic amines is 1. The van der Waals surface area contributed by atoms with Crippen LogP contribution >= 0.6 is 27.5 Å². The number of H-pyrrole nitrogens is 1. The second-order valence-electron chi connectivity index (χ2n) is 2.74. The summed E-state index contributed by atoms with van der Waals surface area (Å²) >= 11 is 9.36. The Bertz CT molecular complexity index is 452. The molecule has 0 saturated carbocycles. The van der Waals surface area contributed by atoms with Crippen LogP contribution in [-0.4, -0.2) is 10.1 Å². The molecule has 0 unspecified atom stereocenters. The summed E-state index contributed by atoms with van der Waals surface area (Å²) in [4.78, 5) is 3.05. The fraction of sp³-hybridized carbons (Fsp3) is 0.111. The molecule has 13 heavy (non-hydrogen) atoms. The third-order valence-corrected chi connectivity index (χ3v) is 3.17. The van der Waals surface area contributed by atoms with Crippen LogP contribution < -0.4 is 0 Å². The van der Waals surface area contributed by atoms with E-state index < -0.39 is 0 Å². The van der Waals surface area contributed by atoms with Gasteiger partial charge < -0.3 is 10.1 Å². The van der Waals surface area contributed by atoms with Crippen molar-refractivity contribution in [3.05, 3.63) is 33.4 Å². The molecule has 0 amide bonds. The number of rotatable bonds is 1. The summed E-state index contributed by atoms with van der Waals surface area (Å²) in [5, 5.41) is 10.7. The van der Waals surface area contributed by atoms with Crippen molar-refractivity contribution >= 4 is 38.4 Å². The summed E-state index contributed by atoms with van der Waals surface area (Å²) in [5.41, 5.74) is 1.61. The van der Waals surface area contributed by atoms with E-state index in [2.05, 4.69) is 20.9 Å². The molecule has 1 aromatic heterocycles. The van der Waals surface area contributed by atoms with E-state index in [1.807, 2.05) is 18.2 Å². The van der Waals surface area contributed by atoms with Crippen molar-refractivity contribution in [1.82, 2.24) is 4.98 Å². The van der Waals surface area contributed by atoms with E-state index in [1.165, 1.54) is 0 Å². The van der Waals surface area contributed by atoms with Crippen molar-refractivity contribution in [2.24, 2.45) is 0 Å². The second kappa shape index (κ2) is 3.33. The zero-order valence-corrected chi connectivity index (χ0v) is 8.98. The lowest BCUT2D eigenvalue weighted by atomic mass is 10.2. The maximum absolute atomic E-state index is 9.01. The van der Waals surface area contributed by atoms with Gasteiger partial charge in [0.05, 0.1) is 22.8 Å². The minimum atomic E-state index is -0.0222. The van der Waals surface area contributed by atoms with Crippen molar-refractivity contribution in [2.75, 3.05) is 0 Å². The Kier molecular flexibility index (Phi) is 2.32. The first kappa shape index (κ1) is 9.06. The molecule has 2 nitrogen and oxygen atoms in total. The summed E-state index contributed by atoms with van der Waals surface area (Å²) < 4.78 is 0.882. The smallest absolute Gasteiger partial charge is 0.0842 e. The molecule has 0 radical (unpaired) electrons. The standard InChI is InChI=1S/C9H7BrClNO/c10-8-5-2-1-3-6(11)9(5)12-7(8)4-13/h1-3,12-13H,4H2. The molecule has 1 heterocycles. The van der Waals surface area contributed by atoms with Gasteiger partial charge in [-0.3, -0.25) is 0 Å². The van der Waals surface area contributed by atoms with Crippen LogP contribution in [0, 0.1) is 0 Å². The summed E-state index contributed by atoms with van der Waals surface area (Å²) in [5.74, 6) is 0. The van der Waals surface area contributed by atoms with E-state index in [1.54, 1.807) is 0 Å². The van der Waals surface area contributed by atoms with Crippen LogP contribution in [0.3, 0.4) is 0 Å². The lowest BCUT2D eigenvalue weighted by molar-refractivity contribution is 0.277. The topological polar surface area (TPSA) is 36.0 Å². The van der Waals surface area contributed by atoms with Crippen LogP contribution in [0.15, 0.2) is 22.7 Å². The summed E-state index contributed by atoms with van der Waals surface area (Å²) in [6, 6.07) is 5.64. The summed E-state index contributed by atoms with van der Waals surface area (Å²) in [7, 11) is 0. The highest BCUT2D eigenvalue weighted by molar-refractivity contribution is 9.10. The van der Waals surface area contributed by atoms with Crippen molar-refractivity contribution in [2.45, 2.75) is 6.61 Å². The van der Waals surface area contributed by atoms with E-state index in [0.717, 1.165) is 21.1 Å². The number of hydrogen-bond donors (Lipinski definition) is 2. The lowest BCUT2D eigenvalue weighted by Gasteiger charge is -1.91. The number of hydrogen-bond acceptors (Lipinski definition) is 1. The average molecular weight is 261 g/mol. The molecule has 2 rings (SSSR count). The van der Waals surface area contributed by atoms with Crippen molar-refractivity contribution < 1.29 is 5.11 Å². The van der Waals surface area contributed by atoms with Gasteiger partial charge in [-0.1, -0.05) is 23.7 Å². The maximum atomic E-state index is 9.01. The van der Waals surface area contributed by atoms with Gasteiger partial charge >= 0.3 is 0 Å². The molecule has 68 valence electrons. The molecule has 0 atom stereocenters. The molecular formula is C9H7BrClNO. The molecule has 0 aliphatic rings. The van der Waals surface area contributed by atoms with Gasteiger partial charge in [0.2, 0.25) is 0 Å². The van der Waals surface area contributed by atoms with Gasteiger partial charge in [0.1, 0.15) is 0 Å². The number of halogens is 2. The van der Waals surface area contributed by atoms with E-state index in [0.29, 0.717) is 5.02 Å². The van der Waals surface area contributed by atoms with Gasteiger partial charge in [-0.15, -0.1) is 0 Å². The Morgan fingerprint density at radius 2 is 2.23 bits per heavy atom. The molecule has 2 N–H and O–H groups in total. The highest BCUT2D eigenvalue weighted by Crippen LogP contribution is 2.31. The normalized spacial score (nSPS) is 11.0. The largest absolute Gasteiger partial charge is 0.390 e. The quantitative estimate of drug-likeness (QED) is 0.812. The Morgan fingerprint density at radius 3 is 2.85 bits per heavy atom. The molecule has 1 aromatic carbocycles. The number of aliphatic hydroxyl groups is 1. The highest BCUT2D eigenvalue weighted by Gasteiger charge is 2.09. The van der Waals surface area contributed by atoms with Gasteiger partial charge in [-0.25, -0.2) is 0 Å². The summed E-state index contributed by atoms with van der Waals surface area (Å²) in [6.07, 6.45) is 0. The lowest BCUT2D eigenvalue weighted by Crippen LogP contribution is -1.81. The number of aliphatic hydroxyl groups excluding tert-OH is 1. The van der Waals surface area contributed by atoms with Crippen molar-refractivity contribution in [3.63, 3.8) is 0 Å². The van der Waals surface area contributed by atoms with Crippen LogP contribution in [0.2, 0.25) is 5.02 Å². The number of nitrogens with one attached hydrogen (secondary N) is 1. The van der Waals surface area contributed by atoms with E-state index in [9.17, 15) is 0 Å². The third kappa shape index (κ3) is 1.37. The predicted octanol–water partition coefficient (Wildman–Crippen LogP) is 3.08. The zero-order chi connectivity index (χ0) is 9.42. The monoisotopic (exact) mass is 259 g/mol. The number of benzene rings is 1. The molecular weight excluding hydrogens is 253 g/mol. The first-order valence-electron chi connectivity index (χ1n) is 3.79. The Labute approximate surface area is 88.7 Å². The van der Waals surface area contributed by atoms with E-state index in [4.69, 9.17) is 16.7 Å². The molecule has 0 aliphatic heterocycles. The zero-order valence-electron chi connectivity index (χ0n) is 6.64. The van der Waals surface area contributed by atoms with Gasteiger partial charge in [0.25, 0.3) is 0 Å². The average Bonchev–Trinajstić information content (AvgIpc) is 2.45. The van der Waals surface area contributed by atoms with Crippen LogP contribution in [-0.2, 0) is 6.61 Å². The van der Waals surface area contributed by atoms with Gasteiger partial charge in [0, 0.05) is 9.86 Å². The molecule has 0 spiro atoms. The Balaban J connectivity index is 2.83. The first-order valence-corrected chi connectivity index (χ1v) is 4.96. The number of aromatic nitrogens is 1. The van der Waals surface area contributed by atoms with Crippen molar-refractivity contribution in [1.29, 1.82) is 0 Å². The van der Waals surface area contributed by atoms with Crippen molar-refractivity contribution in [3.8, 4) is 0 Å². The molecule has 0 bridgehead atoms. The molecule has 0 aliphatic carbocycles. The fourth-order valence-electron chi connectivity index (χ4n) is 1.31. The minimum absolute atomic E-state index is 0.0222. The van der Waals surface area contributed by atoms with E-state index >= 15 is 0 Å². The molecule has 2 aromatic rings. The summed E-state index contributed by atoms with van der Waals surface area (Å²) in [6.45, 7) is -0.0222. The van der Waals surface area contributed by atoms with Gasteiger partial charge in [-0.05, 0) is 22.0 Å². The maximum Gasteiger partial charge on any atom is 0.0842 e. The second-order valence-corrected chi connectivity index (χ2v) is 3.94. The number of para-hydroxylation sites is 1. The highest BCUT2D eigenvalue weighted by atomic mass is 79.9. The third-order valence-electron chi connectivity index (χ3n) is 1.95. The van der Waals surface area contributed by atoms with Gasteiger partial charge in [-0.2, -0.15) is 0 Å². The Hall–Kier alpha value is -0.510. The molecule has 0 saturated heterocycles. The van der Waals surface area contributed by atoms with Crippen LogP contribution in [0.4, 0.5) is 0 Å². The molecule has 4 heteroatoms.